The summed E-state index contributed by atoms with van der Waals surface area (Å²) in [6, 6.07) is 0.715. The lowest BCUT2D eigenvalue weighted by molar-refractivity contribution is -0.137. The highest BCUT2D eigenvalue weighted by Gasteiger charge is 2.45. The molecule has 0 aliphatic heterocycles. The summed E-state index contributed by atoms with van der Waals surface area (Å²) in [4.78, 5) is 10.4. The third kappa shape index (κ3) is 3.14. The fourth-order valence-corrected chi connectivity index (χ4v) is 3.94. The normalized spacial score (nSPS) is 34.5. The van der Waals surface area contributed by atoms with E-state index in [2.05, 4.69) is 24.5 Å². The van der Waals surface area contributed by atoms with Crippen LogP contribution in [0.1, 0.15) is 44.9 Å². The number of hydrogen-bond donors (Lipinski definition) is 2. The summed E-state index contributed by atoms with van der Waals surface area (Å²) >= 11 is 0. The molecule has 0 aromatic heterocycles. The van der Waals surface area contributed by atoms with E-state index in [0.717, 1.165) is 30.6 Å². The van der Waals surface area contributed by atoms with Crippen LogP contribution in [0.25, 0.3) is 0 Å². The standard InChI is InChI=1S/C15H25NO2/c1-16-15-12-9-8-11(10-12)13(15)6-4-2-3-5-7-14(17)18/h2,4,11-13,15-16H,3,5-10H2,1H3,(H,17,18). The second-order valence-corrected chi connectivity index (χ2v) is 5.80. The zero-order chi connectivity index (χ0) is 13.0. The maximum atomic E-state index is 10.4. The van der Waals surface area contributed by atoms with E-state index in [1.165, 1.54) is 25.7 Å². The van der Waals surface area contributed by atoms with Crippen LogP contribution in [0.15, 0.2) is 12.2 Å². The number of carboxylic acids is 1. The molecule has 0 aromatic carbocycles. The predicted octanol–water partition coefficient (Wildman–Crippen LogP) is 2.82. The fraction of sp³-hybridized carbons (Fsp3) is 0.800. The number of aliphatic carboxylic acids is 1. The lowest BCUT2D eigenvalue weighted by Gasteiger charge is -2.30. The number of allylic oxidation sites excluding steroid dienone is 2. The van der Waals surface area contributed by atoms with Gasteiger partial charge in [0.05, 0.1) is 0 Å². The molecule has 18 heavy (non-hydrogen) atoms. The van der Waals surface area contributed by atoms with Crippen molar-refractivity contribution in [2.75, 3.05) is 7.05 Å². The molecule has 0 heterocycles. The van der Waals surface area contributed by atoms with Gasteiger partial charge in [0.15, 0.2) is 0 Å². The fourth-order valence-electron chi connectivity index (χ4n) is 3.94. The molecule has 4 atom stereocenters. The van der Waals surface area contributed by atoms with Crippen LogP contribution < -0.4 is 5.32 Å². The monoisotopic (exact) mass is 251 g/mol. The molecule has 0 aromatic rings. The molecular formula is C15H25NO2. The van der Waals surface area contributed by atoms with Crippen LogP contribution >= 0.6 is 0 Å². The summed E-state index contributed by atoms with van der Waals surface area (Å²) in [6.45, 7) is 0. The van der Waals surface area contributed by atoms with Crippen molar-refractivity contribution in [2.45, 2.75) is 51.0 Å². The Balaban J connectivity index is 1.69. The molecule has 0 saturated heterocycles. The highest BCUT2D eigenvalue weighted by atomic mass is 16.4. The Bertz CT molecular complexity index is 314. The molecule has 2 aliphatic carbocycles. The van der Waals surface area contributed by atoms with Gasteiger partial charge in [-0.2, -0.15) is 0 Å². The Morgan fingerprint density at radius 2 is 2.11 bits per heavy atom. The number of rotatable bonds is 7. The van der Waals surface area contributed by atoms with Crippen molar-refractivity contribution in [3.05, 3.63) is 12.2 Å². The topological polar surface area (TPSA) is 49.3 Å². The summed E-state index contributed by atoms with van der Waals surface area (Å²) in [7, 11) is 2.09. The van der Waals surface area contributed by atoms with E-state index >= 15 is 0 Å². The summed E-state index contributed by atoms with van der Waals surface area (Å²) in [6.07, 6.45) is 11.8. The minimum Gasteiger partial charge on any atom is -0.481 e. The Morgan fingerprint density at radius 1 is 1.33 bits per heavy atom. The number of fused-ring (bicyclic) bond motifs is 2. The van der Waals surface area contributed by atoms with E-state index in [-0.39, 0.29) is 6.42 Å². The molecule has 2 saturated carbocycles. The lowest BCUT2D eigenvalue weighted by Crippen LogP contribution is -2.38. The zero-order valence-corrected chi connectivity index (χ0v) is 11.3. The SMILES string of the molecule is CNC1C2CCC(C2)C1CC=CCCCC(=O)O. The predicted molar refractivity (Wildman–Crippen MR) is 72.4 cm³/mol. The van der Waals surface area contributed by atoms with E-state index in [1.807, 2.05) is 0 Å². The van der Waals surface area contributed by atoms with Crippen molar-refractivity contribution < 1.29 is 9.90 Å². The van der Waals surface area contributed by atoms with Crippen LogP contribution in [-0.4, -0.2) is 24.2 Å². The van der Waals surface area contributed by atoms with Crippen LogP contribution in [0.4, 0.5) is 0 Å². The van der Waals surface area contributed by atoms with Crippen LogP contribution in [0.2, 0.25) is 0 Å². The molecule has 0 spiro atoms. The first-order valence-corrected chi connectivity index (χ1v) is 7.26. The largest absolute Gasteiger partial charge is 0.481 e. The summed E-state index contributed by atoms with van der Waals surface area (Å²) in [5, 5.41) is 12.0. The van der Waals surface area contributed by atoms with Gasteiger partial charge in [-0.3, -0.25) is 4.79 Å². The van der Waals surface area contributed by atoms with Crippen LogP contribution in [0.3, 0.4) is 0 Å². The summed E-state index contributed by atoms with van der Waals surface area (Å²) in [5.74, 6) is 1.96. The Hall–Kier alpha value is -0.830. The smallest absolute Gasteiger partial charge is 0.303 e. The van der Waals surface area contributed by atoms with E-state index in [9.17, 15) is 4.79 Å². The molecule has 2 rings (SSSR count). The first-order valence-electron chi connectivity index (χ1n) is 7.26. The molecule has 102 valence electrons. The van der Waals surface area contributed by atoms with Gasteiger partial charge in [-0.1, -0.05) is 12.2 Å². The summed E-state index contributed by atoms with van der Waals surface area (Å²) in [5.41, 5.74) is 0. The van der Waals surface area contributed by atoms with Crippen molar-refractivity contribution in [3.8, 4) is 0 Å². The second kappa shape index (κ2) is 6.37. The molecule has 2 aliphatic rings. The minimum absolute atomic E-state index is 0.289. The number of nitrogens with one attached hydrogen (secondary N) is 1. The van der Waals surface area contributed by atoms with Gasteiger partial charge >= 0.3 is 5.97 Å². The van der Waals surface area contributed by atoms with Gasteiger partial charge in [-0.15, -0.1) is 0 Å². The Kier molecular flexibility index (Phi) is 4.81. The molecule has 2 N–H and O–H groups in total. The third-order valence-corrected chi connectivity index (χ3v) is 4.76. The highest BCUT2D eigenvalue weighted by molar-refractivity contribution is 5.66. The quantitative estimate of drug-likeness (QED) is 0.540. The first-order chi connectivity index (χ1) is 8.72. The zero-order valence-electron chi connectivity index (χ0n) is 11.3. The van der Waals surface area contributed by atoms with Crippen molar-refractivity contribution >= 4 is 5.97 Å². The molecule has 2 fully saturated rings. The second-order valence-electron chi connectivity index (χ2n) is 5.80. The van der Waals surface area contributed by atoms with Crippen LogP contribution in [-0.2, 0) is 4.79 Å². The van der Waals surface area contributed by atoms with Gasteiger partial charge in [-0.25, -0.2) is 0 Å². The number of unbranched alkanes of at least 4 members (excludes halogenated alkanes) is 1. The Labute approximate surface area is 110 Å². The molecule has 3 nitrogen and oxygen atoms in total. The average molecular weight is 251 g/mol. The number of carbonyl (C=O) groups is 1. The average Bonchev–Trinajstić information content (AvgIpc) is 2.93. The molecular weight excluding hydrogens is 226 g/mol. The van der Waals surface area contributed by atoms with Crippen molar-refractivity contribution in [2.24, 2.45) is 17.8 Å². The minimum atomic E-state index is -0.688. The van der Waals surface area contributed by atoms with Gasteiger partial charge in [-0.05, 0) is 63.3 Å². The molecule has 0 amide bonds. The van der Waals surface area contributed by atoms with Gasteiger partial charge in [0.25, 0.3) is 0 Å². The summed E-state index contributed by atoms with van der Waals surface area (Å²) < 4.78 is 0. The van der Waals surface area contributed by atoms with E-state index in [4.69, 9.17) is 5.11 Å². The van der Waals surface area contributed by atoms with Gasteiger partial charge < -0.3 is 10.4 Å². The van der Waals surface area contributed by atoms with Crippen molar-refractivity contribution in [1.29, 1.82) is 0 Å². The maximum absolute atomic E-state index is 10.4. The molecule has 3 heteroatoms. The Morgan fingerprint density at radius 3 is 2.83 bits per heavy atom. The highest BCUT2D eigenvalue weighted by Crippen LogP contribution is 2.49. The van der Waals surface area contributed by atoms with Crippen LogP contribution in [0, 0.1) is 17.8 Å². The molecule has 0 radical (unpaired) electrons. The van der Waals surface area contributed by atoms with Crippen LogP contribution in [0.5, 0.6) is 0 Å². The van der Waals surface area contributed by atoms with Gasteiger partial charge in [0.2, 0.25) is 0 Å². The number of hydrogen-bond acceptors (Lipinski definition) is 2. The van der Waals surface area contributed by atoms with Gasteiger partial charge in [0, 0.05) is 12.5 Å². The van der Waals surface area contributed by atoms with E-state index in [0.29, 0.717) is 6.04 Å². The van der Waals surface area contributed by atoms with Gasteiger partial charge in [0.1, 0.15) is 0 Å². The lowest BCUT2D eigenvalue weighted by atomic mass is 9.82. The number of carboxylic acid groups (broad SMARTS) is 1. The third-order valence-electron chi connectivity index (χ3n) is 4.76. The maximum Gasteiger partial charge on any atom is 0.303 e. The van der Waals surface area contributed by atoms with E-state index < -0.39 is 5.97 Å². The molecule has 2 bridgehead atoms. The molecule has 4 unspecified atom stereocenters. The van der Waals surface area contributed by atoms with Crippen molar-refractivity contribution in [3.63, 3.8) is 0 Å². The van der Waals surface area contributed by atoms with E-state index in [1.54, 1.807) is 0 Å². The first kappa shape index (κ1) is 13.6. The van der Waals surface area contributed by atoms with Crippen molar-refractivity contribution in [1.82, 2.24) is 5.32 Å².